The molecule has 0 bridgehead atoms. The Kier molecular flexibility index (Phi) is 4.81. The van der Waals surface area contributed by atoms with Gasteiger partial charge in [-0.3, -0.25) is 9.52 Å². The summed E-state index contributed by atoms with van der Waals surface area (Å²) in [5.41, 5.74) is 3.35. The van der Waals surface area contributed by atoms with Crippen molar-refractivity contribution < 1.29 is 13.2 Å². The molecule has 1 aliphatic rings. The number of benzene rings is 2. The molecule has 5 nitrogen and oxygen atoms in total. The zero-order valence-corrected chi connectivity index (χ0v) is 15.3. The smallest absolute Gasteiger partial charge is 0.261 e. The molecular weight excluding hydrogens is 336 g/mol. The maximum absolute atomic E-state index is 12.6. The largest absolute Gasteiger partial charge is 0.312 e. The molecule has 1 heterocycles. The second-order valence-corrected chi connectivity index (χ2v) is 7.95. The Morgan fingerprint density at radius 2 is 1.88 bits per heavy atom. The van der Waals surface area contributed by atoms with E-state index >= 15 is 0 Å². The molecule has 132 valence electrons. The van der Waals surface area contributed by atoms with Crippen LogP contribution in [-0.4, -0.2) is 20.9 Å². The first-order valence-electron chi connectivity index (χ1n) is 8.43. The number of carbonyl (C=O) groups excluding carboxylic acids is 1. The fourth-order valence-electron chi connectivity index (χ4n) is 3.02. The van der Waals surface area contributed by atoms with Crippen LogP contribution in [0.2, 0.25) is 0 Å². The van der Waals surface area contributed by atoms with Crippen LogP contribution < -0.4 is 9.62 Å². The third-order valence-corrected chi connectivity index (χ3v) is 5.79. The van der Waals surface area contributed by atoms with Crippen LogP contribution in [0.5, 0.6) is 0 Å². The number of anilines is 2. The van der Waals surface area contributed by atoms with Gasteiger partial charge in [0, 0.05) is 18.7 Å². The van der Waals surface area contributed by atoms with Gasteiger partial charge in [-0.25, -0.2) is 8.42 Å². The number of carbonyl (C=O) groups is 1. The molecular formula is C19H22N2O3S. The molecule has 1 amide bonds. The Balaban J connectivity index is 1.91. The van der Waals surface area contributed by atoms with Gasteiger partial charge in [-0.1, -0.05) is 30.7 Å². The monoisotopic (exact) mass is 358 g/mol. The van der Waals surface area contributed by atoms with E-state index in [9.17, 15) is 13.2 Å². The highest BCUT2D eigenvalue weighted by molar-refractivity contribution is 7.92. The summed E-state index contributed by atoms with van der Waals surface area (Å²) in [6.07, 6.45) is 2.25. The highest BCUT2D eigenvalue weighted by Crippen LogP contribution is 2.31. The molecule has 1 N–H and O–H groups in total. The molecule has 0 aromatic heterocycles. The molecule has 2 aromatic rings. The Morgan fingerprint density at radius 3 is 2.56 bits per heavy atom. The van der Waals surface area contributed by atoms with E-state index in [1.165, 1.54) is 0 Å². The minimum Gasteiger partial charge on any atom is -0.312 e. The topological polar surface area (TPSA) is 66.5 Å². The summed E-state index contributed by atoms with van der Waals surface area (Å²) >= 11 is 0. The second kappa shape index (κ2) is 6.88. The van der Waals surface area contributed by atoms with Gasteiger partial charge in [0.1, 0.15) is 0 Å². The molecule has 0 atom stereocenters. The number of hydrogen-bond acceptors (Lipinski definition) is 3. The van der Waals surface area contributed by atoms with Crippen LogP contribution >= 0.6 is 0 Å². The Bertz CT molecular complexity index is 889. The SMILES string of the molecule is CCC(=O)N1CCCc2ccc(NS(=O)(=O)c3ccc(C)cc3)cc21. The van der Waals surface area contributed by atoms with Gasteiger partial charge in [-0.05, 0) is 49.6 Å². The second-order valence-electron chi connectivity index (χ2n) is 6.26. The molecule has 3 rings (SSSR count). The third-order valence-electron chi connectivity index (χ3n) is 4.39. The van der Waals surface area contributed by atoms with E-state index in [-0.39, 0.29) is 10.8 Å². The average Bonchev–Trinajstić information content (AvgIpc) is 2.60. The van der Waals surface area contributed by atoms with Gasteiger partial charge in [0.2, 0.25) is 5.91 Å². The number of sulfonamides is 1. The van der Waals surface area contributed by atoms with Crippen molar-refractivity contribution in [3.8, 4) is 0 Å². The van der Waals surface area contributed by atoms with Crippen LogP contribution in [0.25, 0.3) is 0 Å². The van der Waals surface area contributed by atoms with E-state index in [4.69, 9.17) is 0 Å². The molecule has 0 aliphatic carbocycles. The van der Waals surface area contributed by atoms with E-state index in [2.05, 4.69) is 4.72 Å². The average molecular weight is 358 g/mol. The van der Waals surface area contributed by atoms with Crippen molar-refractivity contribution >= 4 is 27.3 Å². The zero-order chi connectivity index (χ0) is 18.0. The zero-order valence-electron chi connectivity index (χ0n) is 14.5. The highest BCUT2D eigenvalue weighted by atomic mass is 32.2. The minimum atomic E-state index is -3.65. The first kappa shape index (κ1) is 17.5. The summed E-state index contributed by atoms with van der Waals surface area (Å²) < 4.78 is 27.7. The van der Waals surface area contributed by atoms with Gasteiger partial charge in [-0.2, -0.15) is 0 Å². The quantitative estimate of drug-likeness (QED) is 0.910. The lowest BCUT2D eigenvalue weighted by Gasteiger charge is -2.29. The van der Waals surface area contributed by atoms with Crippen LogP contribution in [0.3, 0.4) is 0 Å². The van der Waals surface area contributed by atoms with Crippen LogP contribution in [0.4, 0.5) is 11.4 Å². The van der Waals surface area contributed by atoms with Crippen molar-refractivity contribution in [3.05, 3.63) is 53.6 Å². The molecule has 0 spiro atoms. The van der Waals surface area contributed by atoms with Crippen molar-refractivity contribution in [2.45, 2.75) is 38.0 Å². The van der Waals surface area contributed by atoms with Gasteiger partial charge in [0.15, 0.2) is 0 Å². The molecule has 0 radical (unpaired) electrons. The van der Waals surface area contributed by atoms with Gasteiger partial charge in [0.25, 0.3) is 10.0 Å². The van der Waals surface area contributed by atoms with Crippen molar-refractivity contribution in [2.75, 3.05) is 16.2 Å². The number of nitrogens with one attached hydrogen (secondary N) is 1. The van der Waals surface area contributed by atoms with E-state index in [1.807, 2.05) is 19.9 Å². The molecule has 2 aromatic carbocycles. The van der Waals surface area contributed by atoms with E-state index in [0.29, 0.717) is 18.7 Å². The summed E-state index contributed by atoms with van der Waals surface area (Å²) in [7, 11) is -3.65. The predicted molar refractivity (Wildman–Crippen MR) is 99.4 cm³/mol. The summed E-state index contributed by atoms with van der Waals surface area (Å²) in [5, 5.41) is 0. The maximum atomic E-state index is 12.6. The van der Waals surface area contributed by atoms with Crippen LogP contribution in [0.1, 0.15) is 30.9 Å². The lowest BCUT2D eigenvalue weighted by Crippen LogP contribution is -2.35. The van der Waals surface area contributed by atoms with Crippen molar-refractivity contribution in [1.29, 1.82) is 0 Å². The minimum absolute atomic E-state index is 0.0551. The molecule has 0 unspecified atom stereocenters. The van der Waals surface area contributed by atoms with E-state index < -0.39 is 10.0 Å². The van der Waals surface area contributed by atoms with Crippen LogP contribution in [-0.2, 0) is 21.2 Å². The predicted octanol–water partition coefficient (Wildman–Crippen LogP) is 3.49. The number of fused-ring (bicyclic) bond motifs is 1. The summed E-state index contributed by atoms with van der Waals surface area (Å²) in [4.78, 5) is 14.1. The Morgan fingerprint density at radius 1 is 1.16 bits per heavy atom. The Labute approximate surface area is 148 Å². The number of amides is 1. The lowest BCUT2D eigenvalue weighted by molar-refractivity contribution is -0.118. The van der Waals surface area contributed by atoms with Crippen molar-refractivity contribution in [1.82, 2.24) is 0 Å². The number of rotatable bonds is 4. The Hall–Kier alpha value is -2.34. The molecule has 6 heteroatoms. The van der Waals surface area contributed by atoms with Gasteiger partial charge in [0.05, 0.1) is 10.6 Å². The molecule has 0 fully saturated rings. The maximum Gasteiger partial charge on any atom is 0.261 e. The first-order chi connectivity index (χ1) is 11.9. The van der Waals surface area contributed by atoms with E-state index in [0.717, 1.165) is 29.7 Å². The van der Waals surface area contributed by atoms with Crippen molar-refractivity contribution in [2.24, 2.45) is 0 Å². The normalized spacial score (nSPS) is 14.1. The summed E-state index contributed by atoms with van der Waals surface area (Å²) in [5.74, 6) is 0.0551. The number of aryl methyl sites for hydroxylation is 2. The van der Waals surface area contributed by atoms with Crippen LogP contribution in [0, 0.1) is 6.92 Å². The van der Waals surface area contributed by atoms with Gasteiger partial charge < -0.3 is 4.90 Å². The summed E-state index contributed by atoms with van der Waals surface area (Å²) in [6.45, 7) is 4.42. The lowest BCUT2D eigenvalue weighted by atomic mass is 10.0. The highest BCUT2D eigenvalue weighted by Gasteiger charge is 2.22. The van der Waals surface area contributed by atoms with Gasteiger partial charge >= 0.3 is 0 Å². The fourth-order valence-corrected chi connectivity index (χ4v) is 4.07. The molecule has 25 heavy (non-hydrogen) atoms. The fraction of sp³-hybridized carbons (Fsp3) is 0.316. The number of hydrogen-bond donors (Lipinski definition) is 1. The molecule has 1 aliphatic heterocycles. The van der Waals surface area contributed by atoms with Gasteiger partial charge in [-0.15, -0.1) is 0 Å². The van der Waals surface area contributed by atoms with Crippen LogP contribution in [0.15, 0.2) is 47.4 Å². The van der Waals surface area contributed by atoms with Crippen molar-refractivity contribution in [3.63, 3.8) is 0 Å². The first-order valence-corrected chi connectivity index (χ1v) is 9.92. The third kappa shape index (κ3) is 3.69. The van der Waals surface area contributed by atoms with E-state index in [1.54, 1.807) is 41.3 Å². The summed E-state index contributed by atoms with van der Waals surface area (Å²) in [6, 6.07) is 12.1. The number of nitrogens with zero attached hydrogens (tertiary/aromatic N) is 1. The standard InChI is InChI=1S/C19H22N2O3S/c1-3-19(22)21-12-4-5-15-8-9-16(13-18(15)21)20-25(23,24)17-10-6-14(2)7-11-17/h6-11,13,20H,3-5,12H2,1-2H3. The molecule has 0 saturated carbocycles. The molecule has 0 saturated heterocycles.